The van der Waals surface area contributed by atoms with E-state index in [1.165, 1.54) is 17.0 Å². The number of aliphatic hydroxyl groups excluding tert-OH is 1. The molecule has 128 valence electrons. The molecule has 2 aromatic carbocycles. The van der Waals surface area contributed by atoms with Crippen molar-refractivity contribution < 1.29 is 29.1 Å². The maximum Gasteiger partial charge on any atom is 0.358 e. The highest BCUT2D eigenvalue weighted by atomic mass is 32.2. The van der Waals surface area contributed by atoms with Crippen molar-refractivity contribution in [1.29, 1.82) is 0 Å². The zero-order chi connectivity index (χ0) is 17.9. The summed E-state index contributed by atoms with van der Waals surface area (Å²) in [5.74, 6) is -0.112. The van der Waals surface area contributed by atoms with Crippen molar-refractivity contribution in [2.24, 2.45) is 0 Å². The number of hydrogen-bond donors (Lipinski definition) is 3. The summed E-state index contributed by atoms with van der Waals surface area (Å²) in [6.07, 6.45) is 2.06. The average Bonchev–Trinajstić information content (AvgIpc) is 2.55. The molecule has 0 fully saturated rings. The molecule has 1 atom stereocenters. The molecule has 2 heterocycles. The van der Waals surface area contributed by atoms with Crippen molar-refractivity contribution in [2.45, 2.75) is 10.7 Å². The van der Waals surface area contributed by atoms with Gasteiger partial charge >= 0.3 is 7.60 Å². The summed E-state index contributed by atoms with van der Waals surface area (Å²) in [7, 11) is -4.79. The molecule has 0 aromatic heterocycles. The van der Waals surface area contributed by atoms with E-state index in [1.807, 2.05) is 18.2 Å². The summed E-state index contributed by atoms with van der Waals surface area (Å²) >= 11 is 1.74. The lowest BCUT2D eigenvalue weighted by atomic mass is 10.2. The zero-order valence-corrected chi connectivity index (χ0v) is 14.1. The predicted molar refractivity (Wildman–Crippen MR) is 88.4 cm³/mol. The molecule has 4 rings (SSSR count). The maximum atomic E-state index is 10.7. The van der Waals surface area contributed by atoms with Gasteiger partial charge in [0.05, 0.1) is 15.4 Å². The minimum Gasteiger partial charge on any atom is -0.455 e. The number of nitro benzene ring substituents is 1. The second-order valence-corrected chi connectivity index (χ2v) is 7.15. The molecule has 0 saturated heterocycles. The van der Waals surface area contributed by atoms with Gasteiger partial charge in [-0.25, -0.2) is 0 Å². The first-order valence-corrected chi connectivity index (χ1v) is 9.47. The van der Waals surface area contributed by atoms with Crippen molar-refractivity contribution in [3.05, 3.63) is 58.1 Å². The molecule has 8 nitrogen and oxygen atoms in total. The number of nitrogens with zero attached hydrogens (tertiary/aromatic N) is 1. The molecule has 2 aliphatic rings. The molecule has 1 unspecified atom stereocenters. The fourth-order valence-corrected chi connectivity index (χ4v) is 3.19. The Morgan fingerprint density at radius 2 is 1.75 bits per heavy atom. The summed E-state index contributed by atoms with van der Waals surface area (Å²) in [4.78, 5) is 28.3. The van der Waals surface area contributed by atoms with Gasteiger partial charge in [-0.1, -0.05) is 18.2 Å². The van der Waals surface area contributed by atoms with Gasteiger partial charge in [0.2, 0.25) is 0 Å². The van der Waals surface area contributed by atoms with Crippen LogP contribution in [0.1, 0.15) is 11.4 Å². The number of benzene rings is 2. The quantitative estimate of drug-likeness (QED) is 0.276. The van der Waals surface area contributed by atoms with Gasteiger partial charge in [0.15, 0.2) is 5.85 Å². The Morgan fingerprint density at radius 1 is 1.17 bits per heavy atom. The van der Waals surface area contributed by atoms with Crippen LogP contribution in [-0.4, -0.2) is 26.1 Å². The molecule has 0 aliphatic carbocycles. The number of thioether (sulfide) groups is 1. The second kappa shape index (κ2) is 7.33. The Hall–Kier alpha value is -1.90. The largest absolute Gasteiger partial charge is 0.455 e. The summed E-state index contributed by atoms with van der Waals surface area (Å²) in [5, 5.41) is 19.7. The summed E-state index contributed by atoms with van der Waals surface area (Å²) in [6.45, 7) is 0. The molecule has 0 amide bonds. The highest BCUT2D eigenvalue weighted by Gasteiger charge is 2.33. The molecular weight excluding hydrogens is 357 g/mol. The van der Waals surface area contributed by atoms with Crippen LogP contribution in [0.15, 0.2) is 47.4 Å². The Kier molecular flexibility index (Phi) is 5.63. The van der Waals surface area contributed by atoms with Gasteiger partial charge in [0.25, 0.3) is 5.69 Å². The van der Waals surface area contributed by atoms with Crippen molar-refractivity contribution in [2.75, 3.05) is 6.26 Å². The summed E-state index contributed by atoms with van der Waals surface area (Å²) in [6, 6.07) is 10.8. The monoisotopic (exact) mass is 371 g/mol. The summed E-state index contributed by atoms with van der Waals surface area (Å²) in [5.41, 5.74) is -0.913. The van der Waals surface area contributed by atoms with Crippen molar-refractivity contribution in [1.82, 2.24) is 0 Å². The number of ether oxygens (including phenoxy) is 1. The van der Waals surface area contributed by atoms with Gasteiger partial charge in [-0.2, -0.15) is 0 Å². The van der Waals surface area contributed by atoms with E-state index in [9.17, 15) is 19.8 Å². The van der Waals surface area contributed by atoms with Crippen molar-refractivity contribution in [3.63, 3.8) is 0 Å². The minimum atomic E-state index is -4.79. The predicted octanol–water partition coefficient (Wildman–Crippen LogP) is 3.28. The van der Waals surface area contributed by atoms with E-state index in [2.05, 4.69) is 6.26 Å². The SMILES string of the molecule is CSc1c2cccc1O2.O=[N+]([O-])c1ccccc1C(O)P(=O)(O)O. The number of nitro groups is 1. The van der Waals surface area contributed by atoms with Crippen LogP contribution in [0, 0.1) is 10.1 Å². The zero-order valence-electron chi connectivity index (χ0n) is 12.4. The first kappa shape index (κ1) is 18.4. The first-order chi connectivity index (χ1) is 11.3. The maximum absolute atomic E-state index is 10.7. The molecule has 3 N–H and O–H groups in total. The van der Waals surface area contributed by atoms with Gasteiger partial charge in [-0.3, -0.25) is 14.7 Å². The third-order valence-electron chi connectivity index (χ3n) is 3.10. The number of fused-ring (bicyclic) bond motifs is 2. The van der Waals surface area contributed by atoms with E-state index in [0.29, 0.717) is 0 Å². The lowest BCUT2D eigenvalue weighted by Crippen LogP contribution is -2.02. The topological polar surface area (TPSA) is 130 Å². The third-order valence-corrected chi connectivity index (χ3v) is 4.82. The fraction of sp³-hybridized carbons (Fsp3) is 0.143. The van der Waals surface area contributed by atoms with Crippen LogP contribution in [-0.2, 0) is 4.57 Å². The van der Waals surface area contributed by atoms with Gasteiger partial charge in [0.1, 0.15) is 11.5 Å². The van der Waals surface area contributed by atoms with Crippen LogP contribution >= 0.6 is 19.4 Å². The van der Waals surface area contributed by atoms with E-state index < -0.39 is 29.6 Å². The highest BCUT2D eigenvalue weighted by Crippen LogP contribution is 2.51. The summed E-state index contributed by atoms with van der Waals surface area (Å²) < 4.78 is 15.9. The normalized spacial score (nSPS) is 13.0. The Morgan fingerprint density at radius 3 is 2.17 bits per heavy atom. The van der Waals surface area contributed by atoms with E-state index in [1.54, 1.807) is 11.8 Å². The highest BCUT2D eigenvalue weighted by molar-refractivity contribution is 7.98. The van der Waals surface area contributed by atoms with Gasteiger partial charge in [0, 0.05) is 6.07 Å². The minimum absolute atomic E-state index is 0.393. The Bertz CT molecular complexity index is 787. The van der Waals surface area contributed by atoms with Crippen LogP contribution in [0.3, 0.4) is 0 Å². The standard InChI is InChI=1S/C7H8NO6P.C7H6OS/c9-7(15(12,13)14)5-3-1-2-4-6(5)8(10)11;1-9-7-5-3-2-4-6(7)8-5/h1-4,7,9H,(H2,12,13,14);2-4H,1H3. The Labute approximate surface area is 141 Å². The molecule has 24 heavy (non-hydrogen) atoms. The van der Waals surface area contributed by atoms with E-state index in [0.717, 1.165) is 23.6 Å². The third kappa shape index (κ3) is 3.95. The van der Waals surface area contributed by atoms with E-state index >= 15 is 0 Å². The van der Waals surface area contributed by atoms with Gasteiger partial charge in [-0.15, -0.1) is 11.8 Å². The number of para-hydroxylation sites is 1. The lowest BCUT2D eigenvalue weighted by Gasteiger charge is -2.21. The van der Waals surface area contributed by atoms with Crippen LogP contribution < -0.4 is 4.74 Å². The molecule has 2 aliphatic heterocycles. The van der Waals surface area contributed by atoms with Crippen LogP contribution in [0.5, 0.6) is 11.5 Å². The van der Waals surface area contributed by atoms with E-state index in [4.69, 9.17) is 14.5 Å². The number of hydrogen-bond acceptors (Lipinski definition) is 6. The van der Waals surface area contributed by atoms with Crippen LogP contribution in [0.2, 0.25) is 0 Å². The van der Waals surface area contributed by atoms with Gasteiger partial charge < -0.3 is 19.6 Å². The van der Waals surface area contributed by atoms with E-state index in [-0.39, 0.29) is 0 Å². The molecule has 2 aromatic rings. The molecule has 2 bridgehead atoms. The molecule has 0 radical (unpaired) electrons. The first-order valence-electron chi connectivity index (χ1n) is 6.57. The van der Waals surface area contributed by atoms with Crippen LogP contribution in [0.25, 0.3) is 0 Å². The lowest BCUT2D eigenvalue weighted by molar-refractivity contribution is -0.386. The fourth-order valence-electron chi connectivity index (χ4n) is 1.98. The van der Waals surface area contributed by atoms with Crippen molar-refractivity contribution in [3.8, 4) is 11.5 Å². The average molecular weight is 371 g/mol. The van der Waals surface area contributed by atoms with Gasteiger partial charge in [-0.05, 0) is 24.5 Å². The van der Waals surface area contributed by atoms with Crippen molar-refractivity contribution >= 4 is 25.0 Å². The van der Waals surface area contributed by atoms with Crippen LogP contribution in [0.4, 0.5) is 5.69 Å². The Balaban J connectivity index is 0.000000194. The molecule has 0 spiro atoms. The smallest absolute Gasteiger partial charge is 0.358 e. The molecule has 0 saturated carbocycles. The molecular formula is C14H14NO7PS. The molecule has 10 heteroatoms. The number of rotatable bonds is 4. The number of aliphatic hydroxyl groups is 1. The second-order valence-electron chi connectivity index (χ2n) is 4.67.